The molecule has 2 aromatic carbocycles. The zero-order chi connectivity index (χ0) is 21.0. The van der Waals surface area contributed by atoms with Gasteiger partial charge in [-0.2, -0.15) is 0 Å². The van der Waals surface area contributed by atoms with Gasteiger partial charge in [0, 0.05) is 30.2 Å². The Morgan fingerprint density at radius 2 is 1.97 bits per heavy atom. The van der Waals surface area contributed by atoms with E-state index in [-0.39, 0.29) is 30.7 Å². The van der Waals surface area contributed by atoms with Gasteiger partial charge in [-0.3, -0.25) is 14.4 Å². The number of halogens is 1. The van der Waals surface area contributed by atoms with Crippen LogP contribution in [0.1, 0.15) is 35.7 Å². The first-order valence-electron chi connectivity index (χ1n) is 9.65. The first-order chi connectivity index (χ1) is 13.9. The third-order valence-corrected chi connectivity index (χ3v) is 5.34. The highest BCUT2D eigenvalue weighted by atomic mass is 35.5. The molecule has 1 unspecified atom stereocenters. The molecule has 7 heteroatoms. The molecular weight excluding hydrogens is 390 g/mol. The van der Waals surface area contributed by atoms with Crippen molar-refractivity contribution in [1.29, 1.82) is 0 Å². The average molecular weight is 414 g/mol. The summed E-state index contributed by atoms with van der Waals surface area (Å²) in [6.45, 7) is 4.70. The van der Waals surface area contributed by atoms with Gasteiger partial charge in [-0.05, 0) is 43.2 Å². The summed E-state index contributed by atoms with van der Waals surface area (Å²) >= 11 is 6.17. The van der Waals surface area contributed by atoms with E-state index in [4.69, 9.17) is 11.6 Å². The number of hydrogen-bond donors (Lipinski definition) is 2. The van der Waals surface area contributed by atoms with Crippen LogP contribution in [0.3, 0.4) is 0 Å². The van der Waals surface area contributed by atoms with E-state index in [1.807, 2.05) is 26.0 Å². The highest BCUT2D eigenvalue weighted by Crippen LogP contribution is 2.29. The number of carbonyl (C=O) groups excluding carboxylic acids is 3. The third kappa shape index (κ3) is 4.77. The van der Waals surface area contributed by atoms with Crippen molar-refractivity contribution >= 4 is 40.7 Å². The number of nitrogens with zero attached hydrogens (tertiary/aromatic N) is 1. The summed E-state index contributed by atoms with van der Waals surface area (Å²) in [6, 6.07) is 12.3. The standard InChI is InChI=1S/C22H24ClN3O3/c1-3-10-24-22(29)17-6-4-5-7-19(17)25-21(28)15-11-20(27)26(13-15)16-9-8-14(2)18(23)12-16/h4-9,12,15H,3,10-11,13H2,1-2H3,(H,24,29)(H,25,28). The molecule has 152 valence electrons. The Balaban J connectivity index is 1.71. The zero-order valence-corrected chi connectivity index (χ0v) is 17.3. The second-order valence-corrected chi connectivity index (χ2v) is 7.54. The maximum atomic E-state index is 12.8. The first kappa shape index (κ1) is 20.9. The van der Waals surface area contributed by atoms with Crippen molar-refractivity contribution in [3.63, 3.8) is 0 Å². The smallest absolute Gasteiger partial charge is 0.253 e. The molecule has 0 radical (unpaired) electrons. The molecule has 29 heavy (non-hydrogen) atoms. The zero-order valence-electron chi connectivity index (χ0n) is 16.5. The summed E-state index contributed by atoms with van der Waals surface area (Å²) in [6.07, 6.45) is 0.935. The molecule has 1 aliphatic rings. The molecule has 1 aliphatic heterocycles. The van der Waals surface area contributed by atoms with Gasteiger partial charge in [0.15, 0.2) is 0 Å². The Morgan fingerprint density at radius 1 is 1.21 bits per heavy atom. The minimum absolute atomic E-state index is 0.113. The van der Waals surface area contributed by atoms with Crippen LogP contribution in [0.25, 0.3) is 0 Å². The second kappa shape index (κ2) is 9.09. The normalized spacial score (nSPS) is 16.0. The fourth-order valence-electron chi connectivity index (χ4n) is 3.24. The Bertz CT molecular complexity index is 945. The second-order valence-electron chi connectivity index (χ2n) is 7.13. The Morgan fingerprint density at radius 3 is 2.69 bits per heavy atom. The number of anilines is 2. The number of amides is 3. The molecule has 3 amide bonds. The molecule has 0 aromatic heterocycles. The topological polar surface area (TPSA) is 78.5 Å². The summed E-state index contributed by atoms with van der Waals surface area (Å²) in [5.41, 5.74) is 2.45. The van der Waals surface area contributed by atoms with Crippen LogP contribution in [0.4, 0.5) is 11.4 Å². The fraction of sp³-hybridized carbons (Fsp3) is 0.318. The summed E-state index contributed by atoms with van der Waals surface area (Å²) < 4.78 is 0. The van der Waals surface area contributed by atoms with Gasteiger partial charge < -0.3 is 15.5 Å². The SMILES string of the molecule is CCCNC(=O)c1ccccc1NC(=O)C1CC(=O)N(c2ccc(C)c(Cl)c2)C1. The lowest BCUT2D eigenvalue weighted by Gasteiger charge is -2.18. The Hall–Kier alpha value is -2.86. The molecule has 0 aliphatic carbocycles. The van der Waals surface area contributed by atoms with Gasteiger partial charge in [-0.25, -0.2) is 0 Å². The van der Waals surface area contributed by atoms with Crippen LogP contribution < -0.4 is 15.5 Å². The molecule has 1 fully saturated rings. The fourth-order valence-corrected chi connectivity index (χ4v) is 3.42. The van der Waals surface area contributed by atoms with Crippen LogP contribution >= 0.6 is 11.6 Å². The van der Waals surface area contributed by atoms with Crippen LogP contribution in [0.5, 0.6) is 0 Å². The maximum absolute atomic E-state index is 12.8. The summed E-state index contributed by atoms with van der Waals surface area (Å²) in [5, 5.41) is 6.21. The molecule has 6 nitrogen and oxygen atoms in total. The van der Waals surface area contributed by atoms with E-state index < -0.39 is 5.92 Å². The van der Waals surface area contributed by atoms with Crippen LogP contribution in [0, 0.1) is 12.8 Å². The van der Waals surface area contributed by atoms with Crippen molar-refractivity contribution in [2.75, 3.05) is 23.3 Å². The molecule has 0 saturated carbocycles. The van der Waals surface area contributed by atoms with Crippen LogP contribution in [0.2, 0.25) is 5.02 Å². The van der Waals surface area contributed by atoms with Crippen molar-refractivity contribution in [3.05, 3.63) is 58.6 Å². The molecule has 0 spiro atoms. The number of para-hydroxylation sites is 1. The van der Waals surface area contributed by atoms with E-state index in [0.29, 0.717) is 28.5 Å². The van der Waals surface area contributed by atoms with Crippen molar-refractivity contribution in [1.82, 2.24) is 5.32 Å². The van der Waals surface area contributed by atoms with Gasteiger partial charge in [-0.1, -0.05) is 36.7 Å². The Kier molecular flexibility index (Phi) is 6.54. The minimum Gasteiger partial charge on any atom is -0.352 e. The van der Waals surface area contributed by atoms with Gasteiger partial charge in [0.05, 0.1) is 17.2 Å². The van der Waals surface area contributed by atoms with Crippen molar-refractivity contribution in [2.45, 2.75) is 26.7 Å². The molecule has 1 saturated heterocycles. The number of benzene rings is 2. The number of hydrogen-bond acceptors (Lipinski definition) is 3. The largest absolute Gasteiger partial charge is 0.352 e. The minimum atomic E-state index is -0.505. The number of nitrogens with one attached hydrogen (secondary N) is 2. The first-order valence-corrected chi connectivity index (χ1v) is 10.0. The van der Waals surface area contributed by atoms with Crippen LogP contribution in [-0.4, -0.2) is 30.8 Å². The van der Waals surface area contributed by atoms with E-state index in [1.165, 1.54) is 0 Å². The van der Waals surface area contributed by atoms with Gasteiger partial charge in [0.2, 0.25) is 11.8 Å². The van der Waals surface area contributed by atoms with Gasteiger partial charge in [-0.15, -0.1) is 0 Å². The molecule has 1 heterocycles. The summed E-state index contributed by atoms with van der Waals surface area (Å²) in [7, 11) is 0. The van der Waals surface area contributed by atoms with E-state index in [9.17, 15) is 14.4 Å². The lowest BCUT2D eigenvalue weighted by Crippen LogP contribution is -2.29. The molecule has 3 rings (SSSR count). The predicted octanol–water partition coefficient (Wildman–Crippen LogP) is 3.78. The van der Waals surface area contributed by atoms with E-state index in [0.717, 1.165) is 12.0 Å². The maximum Gasteiger partial charge on any atom is 0.253 e. The van der Waals surface area contributed by atoms with Gasteiger partial charge in [0.1, 0.15) is 0 Å². The monoisotopic (exact) mass is 413 g/mol. The van der Waals surface area contributed by atoms with Crippen molar-refractivity contribution in [3.8, 4) is 0 Å². The Labute approximate surface area is 175 Å². The van der Waals surface area contributed by atoms with Crippen molar-refractivity contribution < 1.29 is 14.4 Å². The highest BCUT2D eigenvalue weighted by molar-refractivity contribution is 6.31. The lowest BCUT2D eigenvalue weighted by atomic mass is 10.1. The van der Waals surface area contributed by atoms with Gasteiger partial charge >= 0.3 is 0 Å². The number of carbonyl (C=O) groups is 3. The predicted molar refractivity (Wildman–Crippen MR) is 114 cm³/mol. The summed E-state index contributed by atoms with van der Waals surface area (Å²) in [5.74, 6) is -1.15. The number of rotatable bonds is 6. The molecule has 2 N–H and O–H groups in total. The highest BCUT2D eigenvalue weighted by Gasteiger charge is 2.35. The van der Waals surface area contributed by atoms with Gasteiger partial charge in [0.25, 0.3) is 5.91 Å². The molecule has 2 aromatic rings. The van der Waals surface area contributed by atoms with Crippen LogP contribution in [0.15, 0.2) is 42.5 Å². The summed E-state index contributed by atoms with van der Waals surface area (Å²) in [4.78, 5) is 39.2. The average Bonchev–Trinajstić information content (AvgIpc) is 3.10. The quantitative estimate of drug-likeness (QED) is 0.756. The van der Waals surface area contributed by atoms with Crippen molar-refractivity contribution in [2.24, 2.45) is 5.92 Å². The van der Waals surface area contributed by atoms with Crippen LogP contribution in [-0.2, 0) is 9.59 Å². The van der Waals surface area contributed by atoms with E-state index in [1.54, 1.807) is 35.2 Å². The third-order valence-electron chi connectivity index (χ3n) is 4.93. The molecular formula is C22H24ClN3O3. The lowest BCUT2D eigenvalue weighted by molar-refractivity contribution is -0.122. The molecule has 0 bridgehead atoms. The van der Waals surface area contributed by atoms with E-state index >= 15 is 0 Å². The molecule has 1 atom stereocenters. The van der Waals surface area contributed by atoms with E-state index in [2.05, 4.69) is 10.6 Å². The number of aryl methyl sites for hydroxylation is 1.